The maximum Gasteiger partial charge on any atom is 0.227 e. The lowest BCUT2D eigenvalue weighted by molar-refractivity contribution is 0.416. The number of benzene rings is 3. The van der Waals surface area contributed by atoms with Crippen LogP contribution in [0.3, 0.4) is 0 Å². The van der Waals surface area contributed by atoms with Crippen molar-refractivity contribution in [3.63, 3.8) is 0 Å². The van der Waals surface area contributed by atoms with E-state index in [-0.39, 0.29) is 5.75 Å². The molecule has 0 unspecified atom stereocenters. The summed E-state index contributed by atoms with van der Waals surface area (Å²) in [5.41, 5.74) is 4.67. The van der Waals surface area contributed by atoms with Gasteiger partial charge < -0.3 is 14.3 Å². The Morgan fingerprint density at radius 3 is 2.79 bits per heavy atom. The van der Waals surface area contributed by atoms with Gasteiger partial charge in [0.15, 0.2) is 5.58 Å². The fourth-order valence-corrected chi connectivity index (χ4v) is 3.23. The number of phenolic OH excluding ortho intramolecular Hbond substituents is 1. The molecule has 0 aliphatic rings. The summed E-state index contributed by atoms with van der Waals surface area (Å²) in [6.45, 7) is 2.02. The van der Waals surface area contributed by atoms with E-state index in [9.17, 15) is 5.11 Å². The molecule has 140 valence electrons. The van der Waals surface area contributed by atoms with Crippen LogP contribution in [0.5, 0.6) is 11.5 Å². The Morgan fingerprint density at radius 2 is 1.96 bits per heavy atom. The number of aliphatic imine (C=N–C) groups is 1. The second kappa shape index (κ2) is 7.48. The molecule has 1 heterocycles. The number of hydrogen-bond donors (Lipinski definition) is 1. The number of aryl methyl sites for hydroxylation is 1. The molecule has 0 saturated heterocycles. The molecule has 4 rings (SSSR count). The number of fused-ring (bicyclic) bond motifs is 1. The summed E-state index contributed by atoms with van der Waals surface area (Å²) in [4.78, 5) is 9.08. The van der Waals surface area contributed by atoms with Gasteiger partial charge in [-0.1, -0.05) is 22.0 Å². The number of halogens is 1. The van der Waals surface area contributed by atoms with E-state index >= 15 is 0 Å². The first-order chi connectivity index (χ1) is 13.5. The molecular weight excluding hydrogens is 420 g/mol. The van der Waals surface area contributed by atoms with E-state index in [0.29, 0.717) is 22.9 Å². The summed E-state index contributed by atoms with van der Waals surface area (Å²) >= 11 is 3.40. The summed E-state index contributed by atoms with van der Waals surface area (Å²) in [5.74, 6) is 1.28. The molecule has 0 amide bonds. The fourth-order valence-electron chi connectivity index (χ4n) is 2.85. The quantitative estimate of drug-likeness (QED) is 0.396. The maximum atomic E-state index is 10.0. The van der Waals surface area contributed by atoms with Crippen LogP contribution in [0.4, 0.5) is 5.69 Å². The number of oxazole rings is 1. The minimum atomic E-state index is 0.149. The molecule has 0 saturated carbocycles. The molecule has 6 heteroatoms. The van der Waals surface area contributed by atoms with Crippen LogP contribution >= 0.6 is 15.9 Å². The van der Waals surface area contributed by atoms with Crippen LogP contribution in [-0.4, -0.2) is 23.4 Å². The predicted octanol–water partition coefficient (Wildman–Crippen LogP) is 6.03. The molecule has 28 heavy (non-hydrogen) atoms. The minimum Gasteiger partial charge on any atom is -0.507 e. The van der Waals surface area contributed by atoms with E-state index in [1.807, 2.05) is 43.3 Å². The van der Waals surface area contributed by atoms with Crippen molar-refractivity contribution in [2.24, 2.45) is 4.99 Å². The molecule has 0 aliphatic heterocycles. The number of nitrogens with zero attached hydrogens (tertiary/aromatic N) is 2. The van der Waals surface area contributed by atoms with E-state index in [2.05, 4.69) is 25.9 Å². The minimum absolute atomic E-state index is 0.149. The first-order valence-corrected chi connectivity index (χ1v) is 9.41. The normalized spacial score (nSPS) is 11.4. The van der Waals surface area contributed by atoms with Crippen LogP contribution in [-0.2, 0) is 0 Å². The highest BCUT2D eigenvalue weighted by Crippen LogP contribution is 2.34. The zero-order valence-corrected chi connectivity index (χ0v) is 16.9. The lowest BCUT2D eigenvalue weighted by Gasteiger charge is -2.06. The second-order valence-corrected chi connectivity index (χ2v) is 7.25. The van der Waals surface area contributed by atoms with Crippen molar-refractivity contribution >= 4 is 38.9 Å². The number of methoxy groups -OCH3 is 1. The van der Waals surface area contributed by atoms with Crippen molar-refractivity contribution in [2.45, 2.75) is 6.92 Å². The van der Waals surface area contributed by atoms with Gasteiger partial charge in [-0.25, -0.2) is 4.98 Å². The third-order valence-corrected chi connectivity index (χ3v) is 4.79. The van der Waals surface area contributed by atoms with Crippen LogP contribution in [0.1, 0.15) is 11.1 Å². The standard InChI is InChI=1S/C22H17BrN2O3/c1-13-3-7-21-18(9-13)25-22(28-21)14-4-8-20(27-2)17(11-14)24-12-15-10-16(23)5-6-19(15)26/h3-12,26H,1-2H3. The summed E-state index contributed by atoms with van der Waals surface area (Å²) in [7, 11) is 1.59. The van der Waals surface area contributed by atoms with Gasteiger partial charge in [-0.15, -0.1) is 0 Å². The molecule has 0 bridgehead atoms. The summed E-state index contributed by atoms with van der Waals surface area (Å²) in [6.07, 6.45) is 1.59. The van der Waals surface area contributed by atoms with Gasteiger partial charge in [0.2, 0.25) is 5.89 Å². The smallest absolute Gasteiger partial charge is 0.227 e. The number of ether oxygens (including phenoxy) is 1. The van der Waals surface area contributed by atoms with Crippen molar-refractivity contribution in [1.29, 1.82) is 0 Å². The third kappa shape index (κ3) is 3.64. The molecular formula is C22H17BrN2O3. The monoisotopic (exact) mass is 436 g/mol. The van der Waals surface area contributed by atoms with E-state index in [1.165, 1.54) is 0 Å². The molecule has 0 fully saturated rings. The Balaban J connectivity index is 1.74. The molecule has 0 aliphatic carbocycles. The number of aromatic nitrogens is 1. The third-order valence-electron chi connectivity index (χ3n) is 4.30. The second-order valence-electron chi connectivity index (χ2n) is 6.34. The molecule has 4 aromatic rings. The van der Waals surface area contributed by atoms with Gasteiger partial charge in [-0.2, -0.15) is 0 Å². The Hall–Kier alpha value is -3.12. The van der Waals surface area contributed by atoms with Crippen molar-refractivity contribution in [3.05, 3.63) is 70.2 Å². The topological polar surface area (TPSA) is 67.9 Å². The summed E-state index contributed by atoms with van der Waals surface area (Å²) in [5, 5.41) is 10.0. The van der Waals surface area contributed by atoms with Gasteiger partial charge in [0.25, 0.3) is 0 Å². The number of phenols is 1. The zero-order valence-electron chi connectivity index (χ0n) is 15.3. The first-order valence-electron chi connectivity index (χ1n) is 8.62. The Labute approximate surface area is 170 Å². The van der Waals surface area contributed by atoms with Gasteiger partial charge in [0, 0.05) is 21.8 Å². The average Bonchev–Trinajstić information content (AvgIpc) is 3.11. The Bertz CT molecular complexity index is 1200. The summed E-state index contributed by atoms with van der Waals surface area (Å²) < 4.78 is 12.2. The highest BCUT2D eigenvalue weighted by atomic mass is 79.9. The number of aromatic hydroxyl groups is 1. The molecule has 5 nitrogen and oxygen atoms in total. The van der Waals surface area contributed by atoms with Crippen LogP contribution in [0.2, 0.25) is 0 Å². The molecule has 3 aromatic carbocycles. The molecule has 0 radical (unpaired) electrons. The highest BCUT2D eigenvalue weighted by Gasteiger charge is 2.11. The predicted molar refractivity (Wildman–Crippen MR) is 114 cm³/mol. The van der Waals surface area contributed by atoms with Gasteiger partial charge >= 0.3 is 0 Å². The van der Waals surface area contributed by atoms with Gasteiger partial charge in [-0.3, -0.25) is 4.99 Å². The van der Waals surface area contributed by atoms with Crippen LogP contribution in [0.15, 0.2) is 68.5 Å². The largest absolute Gasteiger partial charge is 0.507 e. The fraction of sp³-hybridized carbons (Fsp3) is 0.0909. The van der Waals surface area contributed by atoms with Crippen molar-refractivity contribution in [3.8, 4) is 23.0 Å². The Kier molecular flexibility index (Phi) is 4.88. The van der Waals surface area contributed by atoms with Crippen molar-refractivity contribution in [2.75, 3.05) is 7.11 Å². The van der Waals surface area contributed by atoms with Crippen molar-refractivity contribution in [1.82, 2.24) is 4.98 Å². The molecule has 1 aromatic heterocycles. The summed E-state index contributed by atoms with van der Waals surface area (Å²) in [6, 6.07) is 16.6. The number of hydrogen-bond acceptors (Lipinski definition) is 5. The molecule has 0 atom stereocenters. The van der Waals surface area contributed by atoms with Gasteiger partial charge in [0.1, 0.15) is 22.7 Å². The van der Waals surface area contributed by atoms with E-state index < -0.39 is 0 Å². The van der Waals surface area contributed by atoms with Crippen molar-refractivity contribution < 1.29 is 14.3 Å². The maximum absolute atomic E-state index is 10.0. The van der Waals surface area contributed by atoms with E-state index in [1.54, 1.807) is 31.5 Å². The first kappa shape index (κ1) is 18.3. The number of rotatable bonds is 4. The lowest BCUT2D eigenvalue weighted by atomic mass is 10.1. The van der Waals surface area contributed by atoms with Gasteiger partial charge in [-0.05, 0) is 61.0 Å². The zero-order chi connectivity index (χ0) is 19.7. The highest BCUT2D eigenvalue weighted by molar-refractivity contribution is 9.10. The Morgan fingerprint density at radius 1 is 1.11 bits per heavy atom. The van der Waals surface area contributed by atoms with Crippen LogP contribution in [0.25, 0.3) is 22.6 Å². The molecule has 0 spiro atoms. The average molecular weight is 437 g/mol. The van der Waals surface area contributed by atoms with E-state index in [0.717, 1.165) is 26.7 Å². The SMILES string of the molecule is COc1ccc(-c2nc3cc(C)ccc3o2)cc1N=Cc1cc(Br)ccc1O. The molecule has 1 N–H and O–H groups in total. The lowest BCUT2D eigenvalue weighted by Crippen LogP contribution is -1.87. The van der Waals surface area contributed by atoms with Gasteiger partial charge in [0.05, 0.1) is 7.11 Å². The van der Waals surface area contributed by atoms with Crippen LogP contribution in [0, 0.1) is 6.92 Å². The van der Waals surface area contributed by atoms with Crippen LogP contribution < -0.4 is 4.74 Å². The van der Waals surface area contributed by atoms with E-state index in [4.69, 9.17) is 9.15 Å².